The first-order valence-corrected chi connectivity index (χ1v) is 17.8. The maximum atomic E-state index is 12.7. The van der Waals surface area contributed by atoms with Crippen LogP contribution < -0.4 is 28.7 Å². The van der Waals surface area contributed by atoms with Gasteiger partial charge in [-0.25, -0.2) is 29.5 Å². The van der Waals surface area contributed by atoms with Gasteiger partial charge in [-0.3, -0.25) is 0 Å². The topological polar surface area (TPSA) is 170 Å². The zero-order valence-electron chi connectivity index (χ0n) is 31.7. The third kappa shape index (κ3) is 11.3. The number of aromatic nitrogens is 4. The molecule has 0 bridgehead atoms. The molecule has 0 spiro atoms. The van der Waals surface area contributed by atoms with E-state index in [0.717, 1.165) is 22.5 Å². The molecule has 0 aliphatic rings. The molecule has 4 aromatic carbocycles. The normalized spacial score (nSPS) is 10.5. The molecule has 16 heteroatoms. The summed E-state index contributed by atoms with van der Waals surface area (Å²) in [4.78, 5) is 42.8. The summed E-state index contributed by atoms with van der Waals surface area (Å²) in [6, 6.07) is 23.3. The number of alkyl halides is 2. The number of carbonyl (C=O) groups is 2. The first kappa shape index (κ1) is 41.8. The Kier molecular flexibility index (Phi) is 14.8. The number of hydrogen-bond acceptors (Lipinski definition) is 12. The van der Waals surface area contributed by atoms with Crippen LogP contribution in [0.4, 0.5) is 31.5 Å². The number of carboxylic acid groups (broad SMARTS) is 2. The van der Waals surface area contributed by atoms with Gasteiger partial charge in [-0.2, -0.15) is 8.78 Å². The molecule has 0 saturated heterocycles. The predicted octanol–water partition coefficient (Wildman–Crippen LogP) is 8.43. The highest BCUT2D eigenvalue weighted by Crippen LogP contribution is 2.38. The summed E-state index contributed by atoms with van der Waals surface area (Å²) in [5.74, 6) is -0.721. The van der Waals surface area contributed by atoms with E-state index in [1.807, 2.05) is 36.1 Å². The second kappa shape index (κ2) is 20.5. The molecule has 0 aliphatic carbocycles. The summed E-state index contributed by atoms with van der Waals surface area (Å²) in [6.07, 6.45) is 9.61. The lowest BCUT2D eigenvalue weighted by molar-refractivity contribution is -0.0514. The lowest BCUT2D eigenvalue weighted by Crippen LogP contribution is -2.17. The van der Waals surface area contributed by atoms with Gasteiger partial charge in [0.2, 0.25) is 0 Å². The van der Waals surface area contributed by atoms with Crippen LogP contribution in [0, 0.1) is 0 Å². The van der Waals surface area contributed by atoms with E-state index in [2.05, 4.69) is 24.7 Å². The van der Waals surface area contributed by atoms with Crippen LogP contribution in [0.3, 0.4) is 0 Å². The van der Waals surface area contributed by atoms with Gasteiger partial charge in [0.25, 0.3) is 0 Å². The van der Waals surface area contributed by atoms with Crippen LogP contribution in [-0.4, -0.2) is 69.0 Å². The number of ether oxygens (including phenoxy) is 4. The maximum Gasteiger partial charge on any atom is 0.387 e. The fraction of sp³-hybridized carbons (Fsp3) is 0.190. The van der Waals surface area contributed by atoms with Crippen LogP contribution in [0.1, 0.15) is 45.7 Å². The minimum Gasteiger partial charge on any atom is -0.493 e. The molecule has 14 nitrogen and oxygen atoms in total. The van der Waals surface area contributed by atoms with Crippen molar-refractivity contribution in [1.29, 1.82) is 0 Å². The summed E-state index contributed by atoms with van der Waals surface area (Å²) in [5, 5.41) is 18.7. The van der Waals surface area contributed by atoms with Crippen molar-refractivity contribution in [2.75, 3.05) is 30.1 Å². The van der Waals surface area contributed by atoms with Crippen LogP contribution in [0.5, 0.6) is 23.0 Å². The summed E-state index contributed by atoms with van der Waals surface area (Å²) < 4.78 is 46.5. The predicted molar refractivity (Wildman–Crippen MR) is 211 cm³/mol. The van der Waals surface area contributed by atoms with Gasteiger partial charge in [-0.1, -0.05) is 12.1 Å². The quantitative estimate of drug-likeness (QED) is 0.0902. The molecule has 0 unspecified atom stereocenters. The van der Waals surface area contributed by atoms with Crippen molar-refractivity contribution in [3.63, 3.8) is 0 Å². The number of carboxylic acids is 2. The minimum atomic E-state index is -2.99. The highest BCUT2D eigenvalue weighted by atomic mass is 19.3. The van der Waals surface area contributed by atoms with E-state index in [1.165, 1.54) is 30.9 Å². The second-order valence-electron chi connectivity index (χ2n) is 12.1. The van der Waals surface area contributed by atoms with Gasteiger partial charge in [0.05, 0.1) is 44.5 Å². The summed E-state index contributed by atoms with van der Waals surface area (Å²) in [7, 11) is 1.59. The molecule has 6 aromatic rings. The van der Waals surface area contributed by atoms with Crippen molar-refractivity contribution in [1.82, 2.24) is 19.9 Å². The molecule has 0 atom stereocenters. The molecule has 0 saturated carbocycles. The van der Waals surface area contributed by atoms with Gasteiger partial charge in [0.15, 0.2) is 23.0 Å². The number of nitrogens with zero attached hydrogens (tertiary/aromatic N) is 6. The zero-order chi connectivity index (χ0) is 41.4. The minimum absolute atomic E-state index is 0.0853. The van der Waals surface area contributed by atoms with Gasteiger partial charge < -0.3 is 39.0 Å². The standard InChI is InChI=1S/C21H19F2N3O4.C21H21N3O4/c1-2-29-19-9-17(6-7-18(19)30-21(22)23)26(12-14-10-24-13-25-11-14)16-5-3-4-15(8-16)20(27)28;1-3-28-20-10-18(7-8-19(20)27-2)24(13-15-11-22-14-23-12-15)17-6-4-5-16(9-17)21(25)26/h3-11,13,21H,2,12H2,1H3,(H,27,28);4-12,14H,3,13H2,1-2H3,(H,25,26). The monoisotopic (exact) mass is 794 g/mol. The van der Waals surface area contributed by atoms with E-state index in [9.17, 15) is 28.6 Å². The van der Waals surface area contributed by atoms with Crippen molar-refractivity contribution < 1.29 is 47.5 Å². The van der Waals surface area contributed by atoms with Crippen molar-refractivity contribution in [3.8, 4) is 23.0 Å². The molecule has 0 radical (unpaired) electrons. The Hall–Kier alpha value is -7.36. The molecule has 6 rings (SSSR count). The van der Waals surface area contributed by atoms with E-state index in [0.29, 0.717) is 42.6 Å². The Morgan fingerprint density at radius 1 is 0.603 bits per heavy atom. The smallest absolute Gasteiger partial charge is 0.387 e. The summed E-state index contributed by atoms with van der Waals surface area (Å²) in [5.41, 5.74) is 4.72. The largest absolute Gasteiger partial charge is 0.493 e. The van der Waals surface area contributed by atoms with Crippen molar-refractivity contribution in [2.24, 2.45) is 0 Å². The number of anilines is 4. The van der Waals surface area contributed by atoms with Gasteiger partial charge in [0.1, 0.15) is 12.7 Å². The lowest BCUT2D eigenvalue weighted by Gasteiger charge is -2.26. The van der Waals surface area contributed by atoms with E-state index >= 15 is 0 Å². The summed E-state index contributed by atoms with van der Waals surface area (Å²) >= 11 is 0. The fourth-order valence-electron chi connectivity index (χ4n) is 5.69. The van der Waals surface area contributed by atoms with Crippen molar-refractivity contribution in [2.45, 2.75) is 33.5 Å². The second-order valence-corrected chi connectivity index (χ2v) is 12.1. The molecule has 2 N–H and O–H groups in total. The molecule has 0 aliphatic heterocycles. The molecule has 0 amide bonds. The average Bonchev–Trinajstić information content (AvgIpc) is 3.23. The molecule has 300 valence electrons. The van der Waals surface area contributed by atoms with Crippen molar-refractivity contribution in [3.05, 3.63) is 145 Å². The van der Waals surface area contributed by atoms with Crippen molar-refractivity contribution >= 4 is 34.7 Å². The van der Waals surface area contributed by atoms with Gasteiger partial charge in [0, 0.05) is 70.8 Å². The Morgan fingerprint density at radius 3 is 1.41 bits per heavy atom. The number of benzene rings is 4. The van der Waals surface area contributed by atoms with E-state index in [-0.39, 0.29) is 29.2 Å². The molecular weight excluding hydrogens is 754 g/mol. The van der Waals surface area contributed by atoms with Crippen LogP contribution in [0.15, 0.2) is 122 Å². The number of halogens is 2. The van der Waals surface area contributed by atoms with Crippen LogP contribution in [-0.2, 0) is 13.1 Å². The first-order chi connectivity index (χ1) is 28.1. The number of rotatable bonds is 17. The first-order valence-electron chi connectivity index (χ1n) is 17.8. The van der Waals surface area contributed by atoms with Crippen LogP contribution >= 0.6 is 0 Å². The van der Waals surface area contributed by atoms with E-state index in [1.54, 1.807) is 86.2 Å². The number of hydrogen-bond donors (Lipinski definition) is 2. The highest BCUT2D eigenvalue weighted by molar-refractivity contribution is 5.90. The SMILES string of the molecule is CCOc1cc(N(Cc2cncnc2)c2cccc(C(=O)O)c2)ccc1OC.CCOc1cc(N(Cc2cncnc2)c2cccc(C(=O)O)c2)ccc1OC(F)F. The van der Waals surface area contributed by atoms with Crippen LogP contribution in [0.2, 0.25) is 0 Å². The third-order valence-corrected chi connectivity index (χ3v) is 8.23. The average molecular weight is 795 g/mol. The Bertz CT molecular complexity index is 2270. The maximum absolute atomic E-state index is 12.7. The van der Waals surface area contributed by atoms with Gasteiger partial charge >= 0.3 is 18.6 Å². The number of aromatic carboxylic acids is 2. The van der Waals surface area contributed by atoms with Gasteiger partial charge in [-0.15, -0.1) is 0 Å². The highest BCUT2D eigenvalue weighted by Gasteiger charge is 2.19. The molecule has 2 heterocycles. The lowest BCUT2D eigenvalue weighted by atomic mass is 10.1. The zero-order valence-corrected chi connectivity index (χ0v) is 31.7. The van der Waals surface area contributed by atoms with Gasteiger partial charge in [-0.05, 0) is 74.5 Å². The van der Waals surface area contributed by atoms with Crippen LogP contribution in [0.25, 0.3) is 0 Å². The number of methoxy groups -OCH3 is 1. The molecule has 0 fully saturated rings. The third-order valence-electron chi connectivity index (χ3n) is 8.23. The Labute approximate surface area is 332 Å². The summed E-state index contributed by atoms with van der Waals surface area (Å²) in [6.45, 7) is 2.17. The fourth-order valence-corrected chi connectivity index (χ4v) is 5.69. The Balaban J connectivity index is 0.000000221. The molecule has 58 heavy (non-hydrogen) atoms. The molecule has 2 aromatic heterocycles. The van der Waals surface area contributed by atoms with E-state index in [4.69, 9.17) is 14.2 Å². The Morgan fingerprint density at radius 2 is 1.02 bits per heavy atom. The van der Waals surface area contributed by atoms with E-state index < -0.39 is 18.6 Å². The molecular formula is C42H40F2N6O8.